The van der Waals surface area contributed by atoms with Gasteiger partial charge in [-0.1, -0.05) is 23.7 Å². The second kappa shape index (κ2) is 8.60. The summed E-state index contributed by atoms with van der Waals surface area (Å²) in [5.74, 6) is -0.647. The van der Waals surface area contributed by atoms with Crippen molar-refractivity contribution in [2.45, 2.75) is 16.7 Å². The molecular weight excluding hydrogens is 382 g/mol. The van der Waals surface area contributed by atoms with E-state index in [-0.39, 0.29) is 22.2 Å². The Labute approximate surface area is 157 Å². The molecule has 0 N–H and O–H groups in total. The Morgan fingerprint density at radius 2 is 1.80 bits per heavy atom. The van der Waals surface area contributed by atoms with Gasteiger partial charge in [0.05, 0.1) is 22.2 Å². The summed E-state index contributed by atoms with van der Waals surface area (Å²) < 4.78 is 32.0. The highest BCUT2D eigenvalue weighted by molar-refractivity contribution is 7.98. The van der Waals surface area contributed by atoms with Crippen molar-refractivity contribution in [3.05, 3.63) is 53.6 Å². The summed E-state index contributed by atoms with van der Waals surface area (Å²) in [7, 11) is -3.98. The number of thioether (sulfide) groups is 1. The van der Waals surface area contributed by atoms with Gasteiger partial charge >= 0.3 is 5.97 Å². The smallest absolute Gasteiger partial charge is 0.326 e. The van der Waals surface area contributed by atoms with Crippen molar-refractivity contribution in [1.29, 1.82) is 0 Å². The fraction of sp³-hybridized carbons (Fsp3) is 0.235. The number of nitrogens with zero attached hydrogens (tertiary/aromatic N) is 1. The molecule has 25 heavy (non-hydrogen) atoms. The Kier molecular flexibility index (Phi) is 6.75. The predicted molar refractivity (Wildman–Crippen MR) is 101 cm³/mol. The third-order valence-electron chi connectivity index (χ3n) is 3.35. The number of anilines is 1. The minimum atomic E-state index is -3.98. The van der Waals surface area contributed by atoms with Crippen LogP contribution in [0.4, 0.5) is 5.69 Å². The number of carbonyl (C=O) groups is 1. The van der Waals surface area contributed by atoms with Crippen molar-refractivity contribution in [3.8, 4) is 0 Å². The number of hydrogen-bond acceptors (Lipinski definition) is 5. The normalized spacial score (nSPS) is 11.2. The van der Waals surface area contributed by atoms with Gasteiger partial charge < -0.3 is 4.74 Å². The Morgan fingerprint density at radius 3 is 2.36 bits per heavy atom. The molecule has 2 aromatic rings. The molecule has 2 aromatic carbocycles. The van der Waals surface area contributed by atoms with Crippen LogP contribution >= 0.6 is 23.4 Å². The third-order valence-corrected chi connectivity index (χ3v) is 6.18. The van der Waals surface area contributed by atoms with Crippen LogP contribution in [0.5, 0.6) is 0 Å². The van der Waals surface area contributed by atoms with E-state index in [1.807, 2.05) is 6.26 Å². The number of esters is 1. The lowest BCUT2D eigenvalue weighted by atomic mass is 10.3. The molecular formula is C17H18ClNO4S2. The lowest BCUT2D eigenvalue weighted by Gasteiger charge is -2.24. The Bertz CT molecular complexity index is 838. The highest BCUT2D eigenvalue weighted by Crippen LogP contribution is 2.30. The lowest BCUT2D eigenvalue weighted by Crippen LogP contribution is -2.36. The standard InChI is InChI=1S/C17H18ClNO4S2/c1-3-23-17(20)12-19(16-7-5-4-6-15(16)18)25(21,22)14-10-8-13(24-2)9-11-14/h4-11H,3,12H2,1-2H3. The summed E-state index contributed by atoms with van der Waals surface area (Å²) in [4.78, 5) is 13.0. The van der Waals surface area contributed by atoms with Crippen LogP contribution in [-0.4, -0.2) is 33.8 Å². The van der Waals surface area contributed by atoms with Gasteiger partial charge in [0.25, 0.3) is 10.0 Å². The maximum absolute atomic E-state index is 13.1. The molecule has 0 heterocycles. The predicted octanol–water partition coefficient (Wildman–Crippen LogP) is 3.82. The molecule has 0 atom stereocenters. The first kappa shape index (κ1) is 19.6. The Hall–Kier alpha value is -1.70. The first-order chi connectivity index (χ1) is 11.9. The molecule has 8 heteroatoms. The van der Waals surface area contributed by atoms with Crippen LogP contribution in [-0.2, 0) is 19.6 Å². The van der Waals surface area contributed by atoms with E-state index in [4.69, 9.17) is 16.3 Å². The quantitative estimate of drug-likeness (QED) is 0.523. The molecule has 0 aliphatic rings. The SMILES string of the molecule is CCOC(=O)CN(c1ccccc1Cl)S(=O)(=O)c1ccc(SC)cc1. The van der Waals surface area contributed by atoms with Crippen LogP contribution in [0, 0.1) is 0 Å². The monoisotopic (exact) mass is 399 g/mol. The summed E-state index contributed by atoms with van der Waals surface area (Å²) in [5, 5.41) is 0.233. The molecule has 2 rings (SSSR count). The van der Waals surface area contributed by atoms with Crippen molar-refractivity contribution in [3.63, 3.8) is 0 Å². The second-order valence-corrected chi connectivity index (χ2v) is 8.09. The largest absolute Gasteiger partial charge is 0.465 e. The van der Waals surface area contributed by atoms with Crippen molar-refractivity contribution in [1.82, 2.24) is 0 Å². The van der Waals surface area contributed by atoms with Crippen LogP contribution in [0.1, 0.15) is 6.92 Å². The molecule has 0 aliphatic heterocycles. The van der Waals surface area contributed by atoms with Crippen LogP contribution < -0.4 is 4.31 Å². The molecule has 5 nitrogen and oxygen atoms in total. The van der Waals surface area contributed by atoms with Gasteiger partial charge in [-0.05, 0) is 49.6 Å². The number of para-hydroxylation sites is 1. The number of benzene rings is 2. The van der Waals surface area contributed by atoms with Gasteiger partial charge in [-0.2, -0.15) is 0 Å². The lowest BCUT2D eigenvalue weighted by molar-refractivity contribution is -0.141. The van der Waals surface area contributed by atoms with Gasteiger partial charge in [-0.3, -0.25) is 9.10 Å². The maximum Gasteiger partial charge on any atom is 0.326 e. The number of halogens is 1. The number of hydrogen-bond donors (Lipinski definition) is 0. The summed E-state index contributed by atoms with van der Waals surface area (Å²) in [6.07, 6.45) is 1.90. The summed E-state index contributed by atoms with van der Waals surface area (Å²) in [5.41, 5.74) is 0.228. The van der Waals surface area contributed by atoms with E-state index in [2.05, 4.69) is 0 Å². The van der Waals surface area contributed by atoms with Gasteiger partial charge in [-0.25, -0.2) is 8.42 Å². The zero-order valence-electron chi connectivity index (χ0n) is 13.8. The van der Waals surface area contributed by atoms with Gasteiger partial charge in [-0.15, -0.1) is 11.8 Å². The van der Waals surface area contributed by atoms with E-state index in [9.17, 15) is 13.2 Å². The molecule has 0 spiro atoms. The molecule has 134 valence electrons. The second-order valence-electron chi connectivity index (χ2n) is 4.94. The molecule has 0 unspecified atom stereocenters. The van der Waals surface area contributed by atoms with Gasteiger partial charge in [0.15, 0.2) is 0 Å². The minimum absolute atomic E-state index is 0.0783. The van der Waals surface area contributed by atoms with Gasteiger partial charge in [0, 0.05) is 4.90 Å². The summed E-state index contributed by atoms with van der Waals surface area (Å²) in [6.45, 7) is 1.37. The highest BCUT2D eigenvalue weighted by atomic mass is 35.5. The maximum atomic E-state index is 13.1. The molecule has 0 bridgehead atoms. The average molecular weight is 400 g/mol. The van der Waals surface area contributed by atoms with Gasteiger partial charge in [0.2, 0.25) is 0 Å². The van der Waals surface area contributed by atoms with Gasteiger partial charge in [0.1, 0.15) is 6.54 Å². The molecule has 0 saturated carbocycles. The fourth-order valence-corrected chi connectivity index (χ4v) is 4.28. The molecule has 0 amide bonds. The number of sulfonamides is 1. The summed E-state index contributed by atoms with van der Waals surface area (Å²) >= 11 is 7.67. The van der Waals surface area contributed by atoms with E-state index in [1.165, 1.54) is 23.9 Å². The van der Waals surface area contributed by atoms with Crippen LogP contribution in [0.15, 0.2) is 58.3 Å². The van der Waals surface area contributed by atoms with E-state index in [0.29, 0.717) is 0 Å². The molecule has 0 aromatic heterocycles. The van der Waals surface area contributed by atoms with Crippen molar-refractivity contribution in [2.24, 2.45) is 0 Å². The first-order valence-electron chi connectivity index (χ1n) is 7.47. The van der Waals surface area contributed by atoms with E-state index < -0.39 is 22.5 Å². The zero-order valence-corrected chi connectivity index (χ0v) is 16.2. The van der Waals surface area contributed by atoms with Crippen LogP contribution in [0.25, 0.3) is 0 Å². The highest BCUT2D eigenvalue weighted by Gasteiger charge is 2.29. The van der Waals surface area contributed by atoms with E-state index in [0.717, 1.165) is 9.20 Å². The average Bonchev–Trinajstić information content (AvgIpc) is 2.60. The Balaban J connectivity index is 2.49. The molecule has 0 aliphatic carbocycles. The third kappa shape index (κ3) is 4.68. The molecule has 0 fully saturated rings. The number of rotatable bonds is 7. The summed E-state index contributed by atoms with van der Waals surface area (Å²) in [6, 6.07) is 12.9. The number of carbonyl (C=O) groups excluding carboxylic acids is 1. The first-order valence-corrected chi connectivity index (χ1v) is 10.5. The van der Waals surface area contributed by atoms with Crippen LogP contribution in [0.2, 0.25) is 5.02 Å². The molecule has 0 radical (unpaired) electrons. The fourth-order valence-electron chi connectivity index (χ4n) is 2.15. The van der Waals surface area contributed by atoms with Crippen molar-refractivity contribution < 1.29 is 17.9 Å². The number of ether oxygens (including phenoxy) is 1. The zero-order chi connectivity index (χ0) is 18.4. The van der Waals surface area contributed by atoms with E-state index in [1.54, 1.807) is 43.3 Å². The molecule has 0 saturated heterocycles. The topological polar surface area (TPSA) is 63.7 Å². The van der Waals surface area contributed by atoms with Crippen molar-refractivity contribution >= 4 is 45.0 Å². The minimum Gasteiger partial charge on any atom is -0.465 e. The van der Waals surface area contributed by atoms with E-state index >= 15 is 0 Å². The Morgan fingerprint density at radius 1 is 1.16 bits per heavy atom. The van der Waals surface area contributed by atoms with Crippen molar-refractivity contribution in [2.75, 3.05) is 23.7 Å². The van der Waals surface area contributed by atoms with Crippen LogP contribution in [0.3, 0.4) is 0 Å².